The van der Waals surface area contributed by atoms with Gasteiger partial charge in [0, 0.05) is 11.5 Å². The molecular weight excluding hydrogens is 401 g/mol. The summed E-state index contributed by atoms with van der Waals surface area (Å²) in [7, 11) is -2.74. The molecule has 0 heterocycles. The van der Waals surface area contributed by atoms with Gasteiger partial charge in [-0.15, -0.1) is 0 Å². The van der Waals surface area contributed by atoms with Crippen LogP contribution in [-0.2, 0) is 14.8 Å². The molecule has 0 unspecified atom stereocenters. The van der Waals surface area contributed by atoms with E-state index in [1.54, 1.807) is 13.0 Å². The average Bonchev–Trinajstić information content (AvgIpc) is 2.54. The first-order valence-corrected chi connectivity index (χ1v) is 9.22. The lowest BCUT2D eigenvalue weighted by Gasteiger charge is -2.21. The van der Waals surface area contributed by atoms with Gasteiger partial charge in [-0.1, -0.05) is 12.1 Å². The van der Waals surface area contributed by atoms with Crippen LogP contribution in [0.3, 0.4) is 0 Å². The lowest BCUT2D eigenvalue weighted by Crippen LogP contribution is -2.27. The van der Waals surface area contributed by atoms with Crippen molar-refractivity contribution in [1.82, 2.24) is 0 Å². The average molecular weight is 416 g/mol. The van der Waals surface area contributed by atoms with Gasteiger partial charge >= 0.3 is 5.97 Å². The quantitative estimate of drug-likeness (QED) is 0.699. The third-order valence-corrected chi connectivity index (χ3v) is 6.02. The molecule has 0 spiro atoms. The Morgan fingerprint density at radius 2 is 1.92 bits per heavy atom. The molecule has 0 aliphatic heterocycles. The SMILES string of the molecule is CCOC(=O)c1ccc(S(=O)(=O)N(C)c2ccccc2F)c(Br)c1. The maximum atomic E-state index is 13.9. The minimum atomic E-state index is -4.01. The number of sulfonamides is 1. The Balaban J connectivity index is 2.43. The molecule has 0 fully saturated rings. The van der Waals surface area contributed by atoms with Crippen LogP contribution >= 0.6 is 15.9 Å². The second-order valence-electron chi connectivity index (χ2n) is 4.79. The third kappa shape index (κ3) is 3.59. The van der Waals surface area contributed by atoms with Crippen LogP contribution in [0.25, 0.3) is 0 Å². The molecule has 24 heavy (non-hydrogen) atoms. The number of ether oxygens (including phenoxy) is 1. The molecule has 0 aliphatic carbocycles. The third-order valence-electron chi connectivity index (χ3n) is 3.27. The fourth-order valence-corrected chi connectivity index (χ4v) is 4.28. The Labute approximate surface area is 148 Å². The van der Waals surface area contributed by atoms with Crippen molar-refractivity contribution in [2.24, 2.45) is 0 Å². The smallest absolute Gasteiger partial charge is 0.338 e. The van der Waals surface area contributed by atoms with E-state index in [9.17, 15) is 17.6 Å². The number of nitrogens with zero attached hydrogens (tertiary/aromatic N) is 1. The van der Waals surface area contributed by atoms with E-state index in [0.717, 1.165) is 4.31 Å². The van der Waals surface area contributed by atoms with Crippen LogP contribution in [0.1, 0.15) is 17.3 Å². The maximum absolute atomic E-state index is 13.9. The summed E-state index contributed by atoms with van der Waals surface area (Å²) in [5.74, 6) is -1.20. The molecule has 8 heteroatoms. The number of anilines is 1. The van der Waals surface area contributed by atoms with E-state index in [-0.39, 0.29) is 27.2 Å². The van der Waals surface area contributed by atoms with Crippen molar-refractivity contribution in [3.8, 4) is 0 Å². The predicted molar refractivity (Wildman–Crippen MR) is 92.1 cm³/mol. The number of hydrogen-bond acceptors (Lipinski definition) is 4. The lowest BCUT2D eigenvalue weighted by atomic mass is 10.2. The topological polar surface area (TPSA) is 63.7 Å². The van der Waals surface area contributed by atoms with Crippen molar-refractivity contribution in [1.29, 1.82) is 0 Å². The van der Waals surface area contributed by atoms with E-state index in [1.807, 2.05) is 0 Å². The first-order valence-electron chi connectivity index (χ1n) is 6.99. The van der Waals surface area contributed by atoms with Gasteiger partial charge in [-0.2, -0.15) is 0 Å². The van der Waals surface area contributed by atoms with Gasteiger partial charge in [0.25, 0.3) is 10.0 Å². The summed E-state index contributed by atoms with van der Waals surface area (Å²) < 4.78 is 45.2. The van der Waals surface area contributed by atoms with Crippen LogP contribution in [0.4, 0.5) is 10.1 Å². The summed E-state index contributed by atoms with van der Waals surface area (Å²) in [6.07, 6.45) is 0. The van der Waals surface area contributed by atoms with Crippen LogP contribution in [0, 0.1) is 5.82 Å². The summed E-state index contributed by atoms with van der Waals surface area (Å²) in [6.45, 7) is 1.89. The van der Waals surface area contributed by atoms with E-state index in [1.165, 1.54) is 43.4 Å². The zero-order valence-electron chi connectivity index (χ0n) is 13.0. The number of hydrogen-bond donors (Lipinski definition) is 0. The molecule has 128 valence electrons. The van der Waals surface area contributed by atoms with Gasteiger partial charge in [-0.05, 0) is 53.2 Å². The van der Waals surface area contributed by atoms with Crippen molar-refractivity contribution >= 4 is 37.6 Å². The molecule has 0 aromatic heterocycles. The Hall–Kier alpha value is -1.93. The molecular formula is C16H15BrFNO4S. The second-order valence-corrected chi connectivity index (χ2v) is 7.58. The maximum Gasteiger partial charge on any atom is 0.338 e. The predicted octanol–water partition coefficient (Wildman–Crippen LogP) is 3.59. The molecule has 0 N–H and O–H groups in total. The van der Waals surface area contributed by atoms with Gasteiger partial charge in [0.2, 0.25) is 0 Å². The largest absolute Gasteiger partial charge is 0.462 e. The Morgan fingerprint density at radius 3 is 2.50 bits per heavy atom. The van der Waals surface area contributed by atoms with Gasteiger partial charge in [0.15, 0.2) is 0 Å². The minimum Gasteiger partial charge on any atom is -0.462 e. The van der Waals surface area contributed by atoms with Gasteiger partial charge in [-0.25, -0.2) is 17.6 Å². The van der Waals surface area contributed by atoms with Crippen molar-refractivity contribution in [2.45, 2.75) is 11.8 Å². The molecule has 2 aromatic carbocycles. The highest BCUT2D eigenvalue weighted by Crippen LogP contribution is 2.29. The Morgan fingerprint density at radius 1 is 1.25 bits per heavy atom. The highest BCUT2D eigenvalue weighted by molar-refractivity contribution is 9.10. The van der Waals surface area contributed by atoms with Gasteiger partial charge < -0.3 is 4.74 Å². The molecule has 0 amide bonds. The molecule has 0 bridgehead atoms. The summed E-state index contributed by atoms with van der Waals surface area (Å²) in [6, 6.07) is 9.56. The van der Waals surface area contributed by atoms with Crippen LogP contribution in [0.5, 0.6) is 0 Å². The zero-order valence-corrected chi connectivity index (χ0v) is 15.4. The van der Waals surface area contributed by atoms with Gasteiger partial charge in [0.1, 0.15) is 10.7 Å². The molecule has 0 atom stereocenters. The summed E-state index contributed by atoms with van der Waals surface area (Å²) in [5, 5.41) is 0. The Kier molecular flexibility index (Phi) is 5.61. The van der Waals surface area contributed by atoms with E-state index in [2.05, 4.69) is 15.9 Å². The highest BCUT2D eigenvalue weighted by Gasteiger charge is 2.26. The summed E-state index contributed by atoms with van der Waals surface area (Å²) in [4.78, 5) is 11.6. The fourth-order valence-electron chi connectivity index (χ4n) is 2.04. The number of rotatable bonds is 5. The van der Waals surface area contributed by atoms with E-state index < -0.39 is 21.8 Å². The van der Waals surface area contributed by atoms with E-state index in [4.69, 9.17) is 4.74 Å². The normalized spacial score (nSPS) is 11.2. The van der Waals surface area contributed by atoms with Gasteiger partial charge in [0.05, 0.1) is 17.9 Å². The summed E-state index contributed by atoms with van der Waals surface area (Å²) >= 11 is 3.15. The number of para-hydroxylation sites is 1. The monoisotopic (exact) mass is 415 g/mol. The van der Waals surface area contributed by atoms with Crippen molar-refractivity contribution < 1.29 is 22.3 Å². The number of halogens is 2. The molecule has 0 aliphatic rings. The highest BCUT2D eigenvalue weighted by atomic mass is 79.9. The van der Waals surface area contributed by atoms with Crippen LogP contribution in [0.15, 0.2) is 51.8 Å². The number of esters is 1. The standard InChI is InChI=1S/C16H15BrFNO4S/c1-3-23-16(20)11-8-9-15(12(17)10-11)24(21,22)19(2)14-7-5-4-6-13(14)18/h4-10H,3H2,1-2H3. The van der Waals surface area contributed by atoms with Crippen LogP contribution < -0.4 is 4.31 Å². The molecule has 2 rings (SSSR count). The van der Waals surface area contributed by atoms with Crippen LogP contribution in [-0.4, -0.2) is 28.0 Å². The van der Waals surface area contributed by atoms with Crippen LogP contribution in [0.2, 0.25) is 0 Å². The fraction of sp³-hybridized carbons (Fsp3) is 0.188. The number of benzene rings is 2. The summed E-state index contributed by atoms with van der Waals surface area (Å²) in [5.41, 5.74) is 0.148. The van der Waals surface area contributed by atoms with Gasteiger partial charge in [-0.3, -0.25) is 4.31 Å². The van der Waals surface area contributed by atoms with E-state index in [0.29, 0.717) is 0 Å². The lowest BCUT2D eigenvalue weighted by molar-refractivity contribution is 0.0526. The zero-order chi connectivity index (χ0) is 17.9. The van der Waals surface area contributed by atoms with Crippen molar-refractivity contribution in [3.63, 3.8) is 0 Å². The first kappa shape index (κ1) is 18.4. The number of carbonyl (C=O) groups is 1. The molecule has 5 nitrogen and oxygen atoms in total. The molecule has 0 saturated carbocycles. The minimum absolute atomic E-state index is 0.0705. The van der Waals surface area contributed by atoms with E-state index >= 15 is 0 Å². The Bertz CT molecular complexity index is 870. The molecule has 2 aromatic rings. The second kappa shape index (κ2) is 7.31. The van der Waals surface area contributed by atoms with Crippen molar-refractivity contribution in [2.75, 3.05) is 18.0 Å². The first-order chi connectivity index (χ1) is 11.3. The molecule has 0 radical (unpaired) electrons. The number of carbonyl (C=O) groups excluding carboxylic acids is 1. The molecule has 0 saturated heterocycles. The van der Waals surface area contributed by atoms with Crippen molar-refractivity contribution in [3.05, 3.63) is 58.3 Å².